The normalized spacial score (nSPS) is 20.2. The lowest BCUT2D eigenvalue weighted by molar-refractivity contribution is 0.0764. The quantitative estimate of drug-likeness (QED) is 0.739. The van der Waals surface area contributed by atoms with Gasteiger partial charge in [0, 0.05) is 37.1 Å². The van der Waals surface area contributed by atoms with Gasteiger partial charge in [-0.05, 0) is 26.0 Å². The molecule has 1 atom stereocenters. The number of rotatable bonds is 1. The van der Waals surface area contributed by atoms with Crippen LogP contribution in [0.15, 0.2) is 42.2 Å². The zero-order valence-corrected chi connectivity index (χ0v) is 10.6. The van der Waals surface area contributed by atoms with E-state index in [-0.39, 0.29) is 5.91 Å². The number of nitrogens with zero attached hydrogens (tertiary/aromatic N) is 2. The molecule has 3 heteroatoms. The molecule has 1 unspecified atom stereocenters. The number of hydrogen-bond acceptors (Lipinski definition) is 2. The van der Waals surface area contributed by atoms with Gasteiger partial charge in [0.25, 0.3) is 5.91 Å². The second-order valence-corrected chi connectivity index (χ2v) is 4.55. The zero-order chi connectivity index (χ0) is 12.4. The third-order valence-corrected chi connectivity index (χ3v) is 3.30. The lowest BCUT2D eigenvalue weighted by Gasteiger charge is -2.37. The van der Waals surface area contributed by atoms with E-state index in [1.807, 2.05) is 43.5 Å². The monoisotopic (exact) mass is 230 g/mol. The second kappa shape index (κ2) is 4.62. The van der Waals surface area contributed by atoms with Gasteiger partial charge in [-0.3, -0.25) is 4.79 Å². The van der Waals surface area contributed by atoms with E-state index < -0.39 is 0 Å². The van der Waals surface area contributed by atoms with Gasteiger partial charge in [0.15, 0.2) is 0 Å². The SMILES string of the molecule is CC1=CN(C(=O)c2ccccc2)CC(C)N1C. The van der Waals surface area contributed by atoms with Crippen molar-refractivity contribution in [1.82, 2.24) is 9.80 Å². The molecule has 0 aromatic heterocycles. The van der Waals surface area contributed by atoms with Crippen molar-refractivity contribution in [2.45, 2.75) is 19.9 Å². The van der Waals surface area contributed by atoms with Crippen molar-refractivity contribution >= 4 is 5.91 Å². The number of hydrogen-bond donors (Lipinski definition) is 0. The van der Waals surface area contributed by atoms with E-state index in [4.69, 9.17) is 0 Å². The predicted octanol–water partition coefficient (Wildman–Crippen LogP) is 2.32. The fraction of sp³-hybridized carbons (Fsp3) is 0.357. The van der Waals surface area contributed by atoms with Crippen molar-refractivity contribution in [3.63, 3.8) is 0 Å². The zero-order valence-electron chi connectivity index (χ0n) is 10.6. The van der Waals surface area contributed by atoms with Gasteiger partial charge in [0.1, 0.15) is 0 Å². The molecule has 1 aliphatic rings. The van der Waals surface area contributed by atoms with Crippen LogP contribution in [0, 0.1) is 0 Å². The first-order valence-electron chi connectivity index (χ1n) is 5.87. The molecule has 0 fully saturated rings. The van der Waals surface area contributed by atoms with Crippen LogP contribution in [0.3, 0.4) is 0 Å². The summed E-state index contributed by atoms with van der Waals surface area (Å²) in [6, 6.07) is 9.77. The van der Waals surface area contributed by atoms with Gasteiger partial charge < -0.3 is 9.80 Å². The van der Waals surface area contributed by atoms with Crippen LogP contribution in [0.25, 0.3) is 0 Å². The topological polar surface area (TPSA) is 23.6 Å². The molecule has 0 aliphatic carbocycles. The van der Waals surface area contributed by atoms with Crippen molar-refractivity contribution in [2.75, 3.05) is 13.6 Å². The minimum Gasteiger partial charge on any atom is -0.372 e. The lowest BCUT2D eigenvalue weighted by Crippen LogP contribution is -2.44. The first kappa shape index (κ1) is 11.7. The summed E-state index contributed by atoms with van der Waals surface area (Å²) in [6.07, 6.45) is 1.93. The fourth-order valence-electron chi connectivity index (χ4n) is 2.01. The lowest BCUT2D eigenvalue weighted by atomic mass is 10.1. The Labute approximate surface area is 102 Å². The summed E-state index contributed by atoms with van der Waals surface area (Å²) in [5, 5.41) is 0. The van der Waals surface area contributed by atoms with Gasteiger partial charge in [-0.15, -0.1) is 0 Å². The van der Waals surface area contributed by atoms with E-state index in [0.29, 0.717) is 6.04 Å². The summed E-state index contributed by atoms with van der Waals surface area (Å²) in [4.78, 5) is 16.3. The Morgan fingerprint density at radius 3 is 2.53 bits per heavy atom. The van der Waals surface area contributed by atoms with E-state index in [1.54, 1.807) is 4.90 Å². The highest BCUT2D eigenvalue weighted by molar-refractivity contribution is 5.95. The molecule has 1 amide bonds. The smallest absolute Gasteiger partial charge is 0.257 e. The van der Waals surface area contributed by atoms with Crippen LogP contribution in [0.5, 0.6) is 0 Å². The molecule has 1 aromatic rings. The van der Waals surface area contributed by atoms with Crippen molar-refractivity contribution < 1.29 is 4.79 Å². The summed E-state index contributed by atoms with van der Waals surface area (Å²) in [5.74, 6) is 0.0740. The molecule has 0 radical (unpaired) electrons. The number of allylic oxidation sites excluding steroid dienone is 1. The van der Waals surface area contributed by atoms with Crippen LogP contribution in [0.1, 0.15) is 24.2 Å². The molecule has 0 saturated heterocycles. The fourth-order valence-corrected chi connectivity index (χ4v) is 2.01. The van der Waals surface area contributed by atoms with Crippen LogP contribution in [0.4, 0.5) is 0 Å². The second-order valence-electron chi connectivity index (χ2n) is 4.55. The Hall–Kier alpha value is -1.77. The van der Waals surface area contributed by atoms with Gasteiger partial charge in [0.05, 0.1) is 0 Å². The summed E-state index contributed by atoms with van der Waals surface area (Å²) >= 11 is 0. The third-order valence-electron chi connectivity index (χ3n) is 3.30. The molecule has 2 rings (SSSR count). The molecule has 1 aromatic carbocycles. The highest BCUT2D eigenvalue weighted by Gasteiger charge is 2.23. The maximum Gasteiger partial charge on any atom is 0.257 e. The molecular formula is C14H18N2O. The molecule has 3 nitrogen and oxygen atoms in total. The van der Waals surface area contributed by atoms with Gasteiger partial charge >= 0.3 is 0 Å². The predicted molar refractivity (Wildman–Crippen MR) is 68.5 cm³/mol. The highest BCUT2D eigenvalue weighted by Crippen LogP contribution is 2.17. The molecular weight excluding hydrogens is 212 g/mol. The first-order valence-corrected chi connectivity index (χ1v) is 5.87. The molecule has 0 saturated carbocycles. The maximum atomic E-state index is 12.3. The number of carbonyl (C=O) groups is 1. The first-order chi connectivity index (χ1) is 8.09. The summed E-state index contributed by atoms with van der Waals surface area (Å²) in [6.45, 7) is 4.89. The Morgan fingerprint density at radius 1 is 1.29 bits per heavy atom. The molecule has 90 valence electrons. The van der Waals surface area contributed by atoms with Crippen molar-refractivity contribution in [3.05, 3.63) is 47.8 Å². The van der Waals surface area contributed by atoms with Gasteiger partial charge in [0.2, 0.25) is 0 Å². The van der Waals surface area contributed by atoms with E-state index >= 15 is 0 Å². The summed E-state index contributed by atoms with van der Waals surface area (Å²) in [7, 11) is 2.06. The molecule has 17 heavy (non-hydrogen) atoms. The van der Waals surface area contributed by atoms with Crippen molar-refractivity contribution in [3.8, 4) is 0 Å². The molecule has 0 spiro atoms. The Bertz CT molecular complexity index is 439. The number of benzene rings is 1. The van der Waals surface area contributed by atoms with Crippen LogP contribution < -0.4 is 0 Å². The maximum absolute atomic E-state index is 12.3. The average molecular weight is 230 g/mol. The standard InChI is InChI=1S/C14H18N2O/c1-11-9-16(10-12(2)15(11)3)14(17)13-7-5-4-6-8-13/h4-9,12H,10H2,1-3H3. The number of carbonyl (C=O) groups excluding carboxylic acids is 1. The van der Waals surface area contributed by atoms with Crippen molar-refractivity contribution in [1.29, 1.82) is 0 Å². The van der Waals surface area contributed by atoms with E-state index in [0.717, 1.165) is 17.8 Å². The molecule has 0 N–H and O–H groups in total. The average Bonchev–Trinajstić information content (AvgIpc) is 2.35. The molecule has 1 aliphatic heterocycles. The Morgan fingerprint density at radius 2 is 1.94 bits per heavy atom. The minimum absolute atomic E-state index is 0.0740. The minimum atomic E-state index is 0.0740. The largest absolute Gasteiger partial charge is 0.372 e. The van der Waals surface area contributed by atoms with E-state index in [1.165, 1.54) is 0 Å². The van der Waals surface area contributed by atoms with Crippen LogP contribution >= 0.6 is 0 Å². The van der Waals surface area contributed by atoms with Gasteiger partial charge in [-0.2, -0.15) is 0 Å². The van der Waals surface area contributed by atoms with Crippen LogP contribution in [-0.2, 0) is 0 Å². The Balaban J connectivity index is 2.22. The summed E-state index contributed by atoms with van der Waals surface area (Å²) in [5.41, 5.74) is 1.86. The van der Waals surface area contributed by atoms with Gasteiger partial charge in [-0.25, -0.2) is 0 Å². The number of likely N-dealkylation sites (N-methyl/N-ethyl adjacent to an activating group) is 1. The Kier molecular flexibility index (Phi) is 3.18. The highest BCUT2D eigenvalue weighted by atomic mass is 16.2. The third kappa shape index (κ3) is 2.33. The molecule has 0 bridgehead atoms. The van der Waals surface area contributed by atoms with Crippen LogP contribution in [-0.4, -0.2) is 35.3 Å². The van der Waals surface area contributed by atoms with Crippen molar-refractivity contribution in [2.24, 2.45) is 0 Å². The van der Waals surface area contributed by atoms with Gasteiger partial charge in [-0.1, -0.05) is 18.2 Å². The molecule has 1 heterocycles. The number of amides is 1. The summed E-state index contributed by atoms with van der Waals surface area (Å²) < 4.78 is 0. The van der Waals surface area contributed by atoms with E-state index in [2.05, 4.69) is 18.9 Å². The van der Waals surface area contributed by atoms with Crippen LogP contribution in [0.2, 0.25) is 0 Å². The van der Waals surface area contributed by atoms with E-state index in [9.17, 15) is 4.79 Å².